The number of piperidine rings is 1. The van der Waals surface area contributed by atoms with Crippen molar-refractivity contribution >= 4 is 11.7 Å². The van der Waals surface area contributed by atoms with Crippen LogP contribution in [0.5, 0.6) is 0 Å². The number of urea groups is 1. The molecule has 2 amide bonds. The van der Waals surface area contributed by atoms with Crippen molar-refractivity contribution in [3.8, 4) is 0 Å². The maximum atomic E-state index is 14.0. The number of aryl methyl sites for hydroxylation is 1. The van der Waals surface area contributed by atoms with E-state index in [1.807, 2.05) is 6.92 Å². The van der Waals surface area contributed by atoms with Crippen molar-refractivity contribution in [1.82, 2.24) is 25.4 Å². The molecule has 2 aromatic rings. The van der Waals surface area contributed by atoms with Gasteiger partial charge in [-0.15, -0.1) is 10.2 Å². The zero-order valence-corrected chi connectivity index (χ0v) is 18.7. The van der Waals surface area contributed by atoms with Gasteiger partial charge < -0.3 is 25.2 Å². The minimum atomic E-state index is -0.364. The summed E-state index contributed by atoms with van der Waals surface area (Å²) in [5.74, 6) is 1.62. The summed E-state index contributed by atoms with van der Waals surface area (Å²) in [5.41, 5.74) is 1.64. The summed E-state index contributed by atoms with van der Waals surface area (Å²) in [4.78, 5) is 14.7. The van der Waals surface area contributed by atoms with Gasteiger partial charge in [0.1, 0.15) is 17.5 Å². The van der Waals surface area contributed by atoms with Crippen LogP contribution in [0.4, 0.5) is 14.9 Å². The van der Waals surface area contributed by atoms with E-state index in [1.165, 1.54) is 18.6 Å². The molecule has 3 heterocycles. The molecule has 1 atom stereocenters. The predicted octanol–water partition coefficient (Wildman–Crippen LogP) is 2.71. The Labute approximate surface area is 188 Å². The molecule has 8 nitrogen and oxygen atoms in total. The van der Waals surface area contributed by atoms with Gasteiger partial charge in [-0.3, -0.25) is 0 Å². The summed E-state index contributed by atoms with van der Waals surface area (Å²) in [6.07, 6.45) is 6.17. The fourth-order valence-electron chi connectivity index (χ4n) is 4.61. The molecule has 0 spiro atoms. The van der Waals surface area contributed by atoms with Crippen LogP contribution in [0.1, 0.15) is 62.3 Å². The second-order valence-electron chi connectivity index (χ2n) is 8.79. The molecule has 1 aromatic carbocycles. The highest BCUT2D eigenvalue weighted by Crippen LogP contribution is 2.29. The summed E-state index contributed by atoms with van der Waals surface area (Å²) < 4.78 is 16.2. The number of amides is 2. The fraction of sp³-hybridized carbons (Fsp3) is 0.609. The van der Waals surface area contributed by atoms with Crippen molar-refractivity contribution in [2.45, 2.75) is 70.6 Å². The zero-order valence-electron chi connectivity index (χ0n) is 18.7. The molecule has 0 bridgehead atoms. The van der Waals surface area contributed by atoms with Crippen molar-refractivity contribution in [2.24, 2.45) is 0 Å². The number of rotatable bonds is 6. The molecule has 1 saturated heterocycles. The fourth-order valence-corrected chi connectivity index (χ4v) is 4.61. The van der Waals surface area contributed by atoms with Gasteiger partial charge in [0.15, 0.2) is 0 Å². The predicted molar refractivity (Wildman–Crippen MR) is 120 cm³/mol. The van der Waals surface area contributed by atoms with E-state index in [1.54, 1.807) is 6.07 Å². The van der Waals surface area contributed by atoms with Gasteiger partial charge in [0.2, 0.25) is 0 Å². The van der Waals surface area contributed by atoms with Gasteiger partial charge in [-0.1, -0.05) is 6.42 Å². The van der Waals surface area contributed by atoms with Crippen molar-refractivity contribution in [2.75, 3.05) is 24.5 Å². The number of anilines is 1. The van der Waals surface area contributed by atoms with Gasteiger partial charge >= 0.3 is 6.03 Å². The largest absolute Gasteiger partial charge is 0.393 e. The Balaban J connectivity index is 1.33. The van der Waals surface area contributed by atoms with E-state index in [0.717, 1.165) is 48.7 Å². The lowest BCUT2D eigenvalue weighted by Gasteiger charge is -2.34. The normalized spacial score (nSPS) is 18.0. The molecule has 1 unspecified atom stereocenters. The summed E-state index contributed by atoms with van der Waals surface area (Å²) >= 11 is 0. The van der Waals surface area contributed by atoms with E-state index in [2.05, 4.69) is 30.3 Å². The van der Waals surface area contributed by atoms with E-state index >= 15 is 0 Å². The van der Waals surface area contributed by atoms with E-state index in [-0.39, 0.29) is 24.0 Å². The molecule has 2 aliphatic rings. The second-order valence-corrected chi connectivity index (χ2v) is 8.79. The SMILES string of the molecule is CC(NC(=O)NCCc1nnc2n1CCCCC2)c1cc(F)ccc1N1CCC(O)CC1. The molecular formula is C23H33FN6O2. The maximum Gasteiger partial charge on any atom is 0.315 e. The van der Waals surface area contributed by atoms with Crippen LogP contribution in [-0.4, -0.2) is 51.6 Å². The van der Waals surface area contributed by atoms with E-state index in [0.29, 0.717) is 38.9 Å². The number of carbonyl (C=O) groups excluding carboxylic acids is 1. The topological polar surface area (TPSA) is 95.3 Å². The zero-order chi connectivity index (χ0) is 22.5. The minimum absolute atomic E-state index is 0.281. The van der Waals surface area contributed by atoms with Crippen LogP contribution in [0, 0.1) is 5.82 Å². The van der Waals surface area contributed by atoms with Gasteiger partial charge in [0, 0.05) is 50.3 Å². The first-order valence-corrected chi connectivity index (χ1v) is 11.7. The number of halogens is 1. The highest BCUT2D eigenvalue weighted by Gasteiger charge is 2.22. The quantitative estimate of drug-likeness (QED) is 0.637. The molecule has 9 heteroatoms. The number of fused-ring (bicyclic) bond motifs is 1. The Hall–Kier alpha value is -2.68. The average Bonchev–Trinajstić information content (AvgIpc) is 3.00. The molecule has 0 saturated carbocycles. The van der Waals surface area contributed by atoms with Gasteiger partial charge in [-0.2, -0.15) is 0 Å². The van der Waals surface area contributed by atoms with Gasteiger partial charge in [0.05, 0.1) is 12.1 Å². The molecular weight excluding hydrogens is 411 g/mol. The number of benzene rings is 1. The third kappa shape index (κ3) is 5.38. The number of carbonyl (C=O) groups is 1. The molecule has 4 rings (SSSR count). The maximum absolute atomic E-state index is 14.0. The van der Waals surface area contributed by atoms with Gasteiger partial charge in [-0.25, -0.2) is 9.18 Å². The average molecular weight is 445 g/mol. The first kappa shape index (κ1) is 22.5. The van der Waals surface area contributed by atoms with Crippen LogP contribution in [-0.2, 0) is 19.4 Å². The van der Waals surface area contributed by atoms with Gasteiger partial charge in [-0.05, 0) is 50.8 Å². The molecule has 174 valence electrons. The van der Waals surface area contributed by atoms with Crippen molar-refractivity contribution in [3.63, 3.8) is 0 Å². The summed E-state index contributed by atoms with van der Waals surface area (Å²) in [6, 6.07) is 4.03. The number of hydrogen-bond donors (Lipinski definition) is 3. The minimum Gasteiger partial charge on any atom is -0.393 e. The first-order valence-electron chi connectivity index (χ1n) is 11.7. The first-order chi connectivity index (χ1) is 15.5. The number of aliphatic hydroxyl groups is 1. The summed E-state index contributed by atoms with van der Waals surface area (Å²) in [6.45, 7) is 4.67. The van der Waals surface area contributed by atoms with E-state index in [9.17, 15) is 14.3 Å². The number of nitrogens with one attached hydrogen (secondary N) is 2. The molecule has 2 aliphatic heterocycles. The van der Waals surface area contributed by atoms with Crippen LogP contribution in [0.25, 0.3) is 0 Å². The highest BCUT2D eigenvalue weighted by molar-refractivity contribution is 5.75. The third-order valence-electron chi connectivity index (χ3n) is 6.43. The lowest BCUT2D eigenvalue weighted by atomic mass is 10.0. The molecule has 0 radical (unpaired) electrons. The van der Waals surface area contributed by atoms with Crippen molar-refractivity contribution in [1.29, 1.82) is 0 Å². The Morgan fingerprint density at radius 2 is 2.03 bits per heavy atom. The monoisotopic (exact) mass is 444 g/mol. The standard InChI is InChI=1S/C23H33FN6O2/c1-16(19-15-17(24)6-7-20(19)29-13-9-18(31)10-14-29)26-23(32)25-11-8-22-28-27-21-5-3-2-4-12-30(21)22/h6-7,15-16,18,31H,2-5,8-14H2,1H3,(H2,25,26,32). The summed E-state index contributed by atoms with van der Waals surface area (Å²) in [5, 5.41) is 24.2. The van der Waals surface area contributed by atoms with Crippen LogP contribution < -0.4 is 15.5 Å². The van der Waals surface area contributed by atoms with Crippen LogP contribution >= 0.6 is 0 Å². The molecule has 1 fully saturated rings. The summed E-state index contributed by atoms with van der Waals surface area (Å²) in [7, 11) is 0. The highest BCUT2D eigenvalue weighted by atomic mass is 19.1. The Morgan fingerprint density at radius 3 is 2.84 bits per heavy atom. The smallest absolute Gasteiger partial charge is 0.315 e. The van der Waals surface area contributed by atoms with E-state index in [4.69, 9.17) is 0 Å². The second kappa shape index (κ2) is 10.3. The van der Waals surface area contributed by atoms with Crippen molar-refractivity contribution in [3.05, 3.63) is 41.2 Å². The van der Waals surface area contributed by atoms with Crippen LogP contribution in [0.15, 0.2) is 18.2 Å². The Morgan fingerprint density at radius 1 is 1.22 bits per heavy atom. The van der Waals surface area contributed by atoms with Crippen LogP contribution in [0.3, 0.4) is 0 Å². The van der Waals surface area contributed by atoms with Crippen LogP contribution in [0.2, 0.25) is 0 Å². The Bertz CT molecular complexity index is 925. The number of nitrogens with zero attached hydrogens (tertiary/aromatic N) is 4. The number of hydrogen-bond acceptors (Lipinski definition) is 5. The molecule has 3 N–H and O–H groups in total. The van der Waals surface area contributed by atoms with E-state index < -0.39 is 0 Å². The lowest BCUT2D eigenvalue weighted by Crippen LogP contribution is -2.40. The molecule has 0 aliphatic carbocycles. The number of aliphatic hydroxyl groups excluding tert-OH is 1. The Kier molecular flexibility index (Phi) is 7.24. The van der Waals surface area contributed by atoms with Crippen molar-refractivity contribution < 1.29 is 14.3 Å². The van der Waals surface area contributed by atoms with Gasteiger partial charge in [0.25, 0.3) is 0 Å². The lowest BCUT2D eigenvalue weighted by molar-refractivity contribution is 0.145. The number of aromatic nitrogens is 3. The molecule has 32 heavy (non-hydrogen) atoms. The molecule has 1 aromatic heterocycles. The third-order valence-corrected chi connectivity index (χ3v) is 6.43.